The van der Waals surface area contributed by atoms with Crippen LogP contribution in [0, 0.1) is 13.8 Å². The Morgan fingerprint density at radius 1 is 1.08 bits per heavy atom. The standard InChI is InChI=1S/C20H23N3OS2/c1-14-13-25-17(22-14)10-6-7-11-21-20(24)19-15(2)23-18(26-19)12-16-8-4-3-5-9-16/h3-5,8-9,13H,6-7,10-12H2,1-2H3,(H,21,24). The van der Waals surface area contributed by atoms with Gasteiger partial charge in [-0.2, -0.15) is 0 Å². The normalized spacial score (nSPS) is 10.8. The van der Waals surface area contributed by atoms with Gasteiger partial charge in [-0.15, -0.1) is 22.7 Å². The van der Waals surface area contributed by atoms with Gasteiger partial charge in [0.05, 0.1) is 15.7 Å². The molecule has 0 atom stereocenters. The summed E-state index contributed by atoms with van der Waals surface area (Å²) in [5.74, 6) is -0.00981. The largest absolute Gasteiger partial charge is 0.351 e. The summed E-state index contributed by atoms with van der Waals surface area (Å²) < 4.78 is 0. The monoisotopic (exact) mass is 385 g/mol. The Morgan fingerprint density at radius 3 is 2.62 bits per heavy atom. The van der Waals surface area contributed by atoms with Crippen LogP contribution < -0.4 is 5.32 Å². The molecule has 3 aromatic rings. The number of amides is 1. The third-order valence-corrected chi connectivity index (χ3v) is 6.20. The molecule has 0 aliphatic carbocycles. The number of aryl methyl sites for hydroxylation is 3. The van der Waals surface area contributed by atoms with Crippen molar-refractivity contribution in [3.05, 3.63) is 67.6 Å². The predicted molar refractivity (Wildman–Crippen MR) is 108 cm³/mol. The van der Waals surface area contributed by atoms with E-state index in [1.807, 2.05) is 32.0 Å². The number of nitrogens with zero attached hydrogens (tertiary/aromatic N) is 2. The number of nitrogens with one attached hydrogen (secondary N) is 1. The summed E-state index contributed by atoms with van der Waals surface area (Å²) in [7, 11) is 0. The first-order chi connectivity index (χ1) is 12.6. The van der Waals surface area contributed by atoms with E-state index in [1.54, 1.807) is 11.3 Å². The highest BCUT2D eigenvalue weighted by molar-refractivity contribution is 7.13. The van der Waals surface area contributed by atoms with E-state index in [0.717, 1.165) is 47.0 Å². The number of carbonyl (C=O) groups is 1. The Kier molecular flexibility index (Phi) is 6.52. The van der Waals surface area contributed by atoms with Gasteiger partial charge in [0.2, 0.25) is 0 Å². The maximum Gasteiger partial charge on any atom is 0.263 e. The second kappa shape index (κ2) is 9.05. The molecule has 2 aromatic heterocycles. The minimum Gasteiger partial charge on any atom is -0.351 e. The fourth-order valence-corrected chi connectivity index (χ4v) is 4.54. The molecule has 4 nitrogen and oxygen atoms in total. The third kappa shape index (κ3) is 5.22. The number of rotatable bonds is 8. The van der Waals surface area contributed by atoms with Crippen molar-refractivity contribution in [3.8, 4) is 0 Å². The molecule has 0 saturated heterocycles. The van der Waals surface area contributed by atoms with Crippen molar-refractivity contribution in [1.29, 1.82) is 0 Å². The smallest absolute Gasteiger partial charge is 0.263 e. The molecular weight excluding hydrogens is 362 g/mol. The maximum atomic E-state index is 12.4. The van der Waals surface area contributed by atoms with Crippen molar-refractivity contribution in [1.82, 2.24) is 15.3 Å². The Hall–Kier alpha value is -2.05. The zero-order valence-corrected chi connectivity index (χ0v) is 16.8. The highest BCUT2D eigenvalue weighted by atomic mass is 32.1. The van der Waals surface area contributed by atoms with Crippen LogP contribution in [0.4, 0.5) is 0 Å². The first-order valence-corrected chi connectivity index (χ1v) is 10.5. The molecule has 2 heterocycles. The minimum atomic E-state index is -0.00981. The Balaban J connectivity index is 1.45. The van der Waals surface area contributed by atoms with Crippen LogP contribution in [-0.2, 0) is 12.8 Å². The highest BCUT2D eigenvalue weighted by Crippen LogP contribution is 2.21. The number of hydrogen-bond donors (Lipinski definition) is 1. The number of carbonyl (C=O) groups excluding carboxylic acids is 1. The predicted octanol–water partition coefficient (Wildman–Crippen LogP) is 4.56. The fourth-order valence-electron chi connectivity index (χ4n) is 2.71. The van der Waals surface area contributed by atoms with Crippen molar-refractivity contribution >= 4 is 28.6 Å². The molecule has 6 heteroatoms. The van der Waals surface area contributed by atoms with Crippen molar-refractivity contribution < 1.29 is 4.79 Å². The van der Waals surface area contributed by atoms with Gasteiger partial charge in [-0.3, -0.25) is 4.79 Å². The van der Waals surface area contributed by atoms with Gasteiger partial charge >= 0.3 is 0 Å². The first-order valence-electron chi connectivity index (χ1n) is 8.81. The van der Waals surface area contributed by atoms with Crippen LogP contribution >= 0.6 is 22.7 Å². The molecule has 26 heavy (non-hydrogen) atoms. The van der Waals surface area contributed by atoms with E-state index in [-0.39, 0.29) is 5.91 Å². The topological polar surface area (TPSA) is 54.9 Å². The second-order valence-corrected chi connectivity index (χ2v) is 8.31. The summed E-state index contributed by atoms with van der Waals surface area (Å²) in [6.45, 7) is 4.61. The van der Waals surface area contributed by atoms with Crippen molar-refractivity contribution in [2.24, 2.45) is 0 Å². The average molecular weight is 386 g/mol. The van der Waals surface area contributed by atoms with Gasteiger partial charge < -0.3 is 5.32 Å². The molecule has 3 rings (SSSR count). The van der Waals surface area contributed by atoms with E-state index in [2.05, 4.69) is 32.8 Å². The van der Waals surface area contributed by atoms with Crippen molar-refractivity contribution in [3.63, 3.8) is 0 Å². The summed E-state index contributed by atoms with van der Waals surface area (Å²) in [4.78, 5) is 22.2. The van der Waals surface area contributed by atoms with Crippen LogP contribution in [0.15, 0.2) is 35.7 Å². The number of aromatic nitrogens is 2. The number of hydrogen-bond acceptors (Lipinski definition) is 5. The third-order valence-electron chi connectivity index (χ3n) is 4.01. The van der Waals surface area contributed by atoms with Gasteiger partial charge in [0.25, 0.3) is 5.91 Å². The summed E-state index contributed by atoms with van der Waals surface area (Å²) in [5, 5.41) is 7.27. The molecule has 0 bridgehead atoms. The van der Waals surface area contributed by atoms with E-state index < -0.39 is 0 Å². The zero-order valence-electron chi connectivity index (χ0n) is 15.1. The van der Waals surface area contributed by atoms with Gasteiger partial charge in [-0.1, -0.05) is 30.3 Å². The molecule has 0 fully saturated rings. The summed E-state index contributed by atoms with van der Waals surface area (Å²) in [6.07, 6.45) is 3.75. The molecule has 0 spiro atoms. The van der Waals surface area contributed by atoms with E-state index in [1.165, 1.54) is 21.9 Å². The minimum absolute atomic E-state index is 0.00981. The molecule has 1 amide bonds. The highest BCUT2D eigenvalue weighted by Gasteiger charge is 2.15. The van der Waals surface area contributed by atoms with Crippen LogP contribution in [0.25, 0.3) is 0 Å². The van der Waals surface area contributed by atoms with Crippen LogP contribution in [0.1, 0.15) is 49.5 Å². The van der Waals surface area contributed by atoms with Crippen molar-refractivity contribution in [2.45, 2.75) is 39.5 Å². The lowest BCUT2D eigenvalue weighted by molar-refractivity contribution is 0.0956. The quantitative estimate of drug-likeness (QED) is 0.578. The average Bonchev–Trinajstić information content (AvgIpc) is 3.21. The molecule has 0 unspecified atom stereocenters. The summed E-state index contributed by atoms with van der Waals surface area (Å²) in [5.41, 5.74) is 3.12. The van der Waals surface area contributed by atoms with Gasteiger partial charge in [0, 0.05) is 24.0 Å². The van der Waals surface area contributed by atoms with Gasteiger partial charge in [0.15, 0.2) is 0 Å². The lowest BCUT2D eigenvalue weighted by atomic mass is 10.2. The van der Waals surface area contributed by atoms with Crippen LogP contribution in [0.2, 0.25) is 0 Å². The van der Waals surface area contributed by atoms with E-state index >= 15 is 0 Å². The Morgan fingerprint density at radius 2 is 1.88 bits per heavy atom. The zero-order chi connectivity index (χ0) is 18.4. The molecule has 1 aromatic carbocycles. The van der Waals surface area contributed by atoms with Crippen LogP contribution in [0.3, 0.4) is 0 Å². The van der Waals surface area contributed by atoms with E-state index in [4.69, 9.17) is 0 Å². The Labute approximate surface area is 162 Å². The van der Waals surface area contributed by atoms with Crippen LogP contribution in [0.5, 0.6) is 0 Å². The van der Waals surface area contributed by atoms with Gasteiger partial charge in [-0.25, -0.2) is 9.97 Å². The summed E-state index contributed by atoms with van der Waals surface area (Å²) >= 11 is 3.21. The molecule has 0 saturated carbocycles. The molecule has 1 N–H and O–H groups in total. The molecule has 136 valence electrons. The van der Waals surface area contributed by atoms with Crippen molar-refractivity contribution in [2.75, 3.05) is 6.54 Å². The molecule has 0 aliphatic heterocycles. The summed E-state index contributed by atoms with van der Waals surface area (Å²) in [6, 6.07) is 10.2. The number of benzene rings is 1. The fraction of sp³-hybridized carbons (Fsp3) is 0.350. The first kappa shape index (κ1) is 18.7. The van der Waals surface area contributed by atoms with E-state index in [0.29, 0.717) is 6.54 Å². The number of thiazole rings is 2. The van der Waals surface area contributed by atoms with Gasteiger partial charge in [-0.05, 0) is 38.7 Å². The number of unbranched alkanes of at least 4 members (excludes halogenated alkanes) is 1. The Bertz CT molecular complexity index is 855. The molecule has 0 aliphatic rings. The SMILES string of the molecule is Cc1csc(CCCCNC(=O)c2sc(Cc3ccccc3)nc2C)n1. The molecular formula is C20H23N3OS2. The lowest BCUT2D eigenvalue weighted by Crippen LogP contribution is -2.24. The maximum absolute atomic E-state index is 12.4. The second-order valence-electron chi connectivity index (χ2n) is 6.28. The van der Waals surface area contributed by atoms with Gasteiger partial charge in [0.1, 0.15) is 4.88 Å². The lowest BCUT2D eigenvalue weighted by Gasteiger charge is -2.03. The molecule has 0 radical (unpaired) electrons. The van der Waals surface area contributed by atoms with Crippen LogP contribution in [-0.4, -0.2) is 22.4 Å². The van der Waals surface area contributed by atoms with E-state index in [9.17, 15) is 4.79 Å².